The Labute approximate surface area is 174 Å². The van der Waals surface area contributed by atoms with Gasteiger partial charge in [0.05, 0.1) is 6.26 Å². The van der Waals surface area contributed by atoms with Crippen LogP contribution in [-0.2, 0) is 4.79 Å². The Bertz CT molecular complexity index is 897. The van der Waals surface area contributed by atoms with Crippen molar-refractivity contribution in [2.24, 2.45) is 5.92 Å². The lowest BCUT2D eigenvalue weighted by Gasteiger charge is -2.38. The lowest BCUT2D eigenvalue weighted by molar-refractivity contribution is -0.138. The molecular weight excluding hydrogens is 389 g/mol. The van der Waals surface area contributed by atoms with Gasteiger partial charge in [0.15, 0.2) is 5.76 Å². The Morgan fingerprint density at radius 3 is 2.00 bits per heavy atom. The van der Waals surface area contributed by atoms with E-state index in [1.54, 1.807) is 21.9 Å². The lowest BCUT2D eigenvalue weighted by atomic mass is 9.94. The fourth-order valence-electron chi connectivity index (χ4n) is 4.05. The number of amides is 3. The highest BCUT2D eigenvalue weighted by molar-refractivity contribution is 5.94. The fourth-order valence-corrected chi connectivity index (χ4v) is 4.05. The van der Waals surface area contributed by atoms with Gasteiger partial charge in [0, 0.05) is 50.7 Å². The molecule has 0 radical (unpaired) electrons. The molecule has 3 amide bonds. The minimum absolute atomic E-state index is 0.0916. The number of hydrogen-bond acceptors (Lipinski definition) is 4. The second kappa shape index (κ2) is 8.69. The number of furan rings is 1. The first-order chi connectivity index (χ1) is 14.5. The molecule has 1 aromatic heterocycles. The standard InChI is InChI=1S/C22H24FN3O4/c23-18-5-3-16(4-6-18)20(27)24-9-7-17(8-10-24)21(28)25-11-13-26(14-12-25)22(29)19-2-1-15-30-19/h1-6,15,17H,7-14H2. The van der Waals surface area contributed by atoms with Gasteiger partial charge in [-0.3, -0.25) is 14.4 Å². The average molecular weight is 413 g/mol. The van der Waals surface area contributed by atoms with Crippen molar-refractivity contribution in [2.45, 2.75) is 12.8 Å². The van der Waals surface area contributed by atoms with Crippen molar-refractivity contribution in [3.05, 3.63) is 59.8 Å². The molecule has 0 spiro atoms. The first kappa shape index (κ1) is 20.1. The maximum atomic E-state index is 13.1. The highest BCUT2D eigenvalue weighted by Crippen LogP contribution is 2.22. The first-order valence-corrected chi connectivity index (χ1v) is 10.2. The minimum Gasteiger partial charge on any atom is -0.459 e. The van der Waals surface area contributed by atoms with Crippen molar-refractivity contribution in [3.63, 3.8) is 0 Å². The van der Waals surface area contributed by atoms with Crippen molar-refractivity contribution in [1.82, 2.24) is 14.7 Å². The second-order valence-corrected chi connectivity index (χ2v) is 7.67. The SMILES string of the molecule is O=C(c1ccc(F)cc1)N1CCC(C(=O)N2CCN(C(=O)c3ccco3)CC2)CC1. The van der Waals surface area contributed by atoms with Gasteiger partial charge in [0.1, 0.15) is 5.82 Å². The third-order valence-corrected chi connectivity index (χ3v) is 5.83. The van der Waals surface area contributed by atoms with Gasteiger partial charge in [0.2, 0.25) is 5.91 Å². The smallest absolute Gasteiger partial charge is 0.289 e. The number of piperidine rings is 1. The Hall–Kier alpha value is -3.16. The van der Waals surface area contributed by atoms with Gasteiger partial charge >= 0.3 is 0 Å². The maximum absolute atomic E-state index is 13.1. The zero-order valence-electron chi connectivity index (χ0n) is 16.6. The molecule has 0 atom stereocenters. The van der Waals surface area contributed by atoms with Crippen molar-refractivity contribution >= 4 is 17.7 Å². The number of nitrogens with zero attached hydrogens (tertiary/aromatic N) is 3. The van der Waals surface area contributed by atoms with Crippen LogP contribution in [0.5, 0.6) is 0 Å². The van der Waals surface area contributed by atoms with Gasteiger partial charge in [0.25, 0.3) is 11.8 Å². The molecule has 8 heteroatoms. The molecule has 3 heterocycles. The van der Waals surface area contributed by atoms with E-state index < -0.39 is 0 Å². The maximum Gasteiger partial charge on any atom is 0.289 e. The number of hydrogen-bond donors (Lipinski definition) is 0. The van der Waals surface area contributed by atoms with Crippen LogP contribution in [0, 0.1) is 11.7 Å². The van der Waals surface area contributed by atoms with E-state index in [0.29, 0.717) is 63.4 Å². The van der Waals surface area contributed by atoms with Crippen molar-refractivity contribution in [3.8, 4) is 0 Å². The van der Waals surface area contributed by atoms with Gasteiger partial charge in [-0.25, -0.2) is 4.39 Å². The molecular formula is C22H24FN3O4. The molecule has 0 unspecified atom stereocenters. The van der Waals surface area contributed by atoms with Crippen molar-refractivity contribution in [1.29, 1.82) is 0 Å². The van der Waals surface area contributed by atoms with Gasteiger partial charge in [-0.2, -0.15) is 0 Å². The predicted molar refractivity (Wildman–Crippen MR) is 106 cm³/mol. The van der Waals surface area contributed by atoms with Gasteiger partial charge in [-0.1, -0.05) is 0 Å². The van der Waals surface area contributed by atoms with Crippen LogP contribution in [0.1, 0.15) is 33.8 Å². The van der Waals surface area contributed by atoms with E-state index in [0.717, 1.165) is 0 Å². The van der Waals surface area contributed by atoms with Crippen LogP contribution in [0.25, 0.3) is 0 Å². The van der Waals surface area contributed by atoms with Gasteiger partial charge in [-0.05, 0) is 49.2 Å². The highest BCUT2D eigenvalue weighted by Gasteiger charge is 2.33. The molecule has 2 aliphatic rings. The number of benzene rings is 1. The molecule has 0 bridgehead atoms. The average Bonchev–Trinajstić information content (AvgIpc) is 3.33. The van der Waals surface area contributed by atoms with E-state index in [4.69, 9.17) is 4.42 Å². The van der Waals surface area contributed by atoms with Crippen molar-refractivity contribution < 1.29 is 23.2 Å². The summed E-state index contributed by atoms with van der Waals surface area (Å²) in [5.74, 6) is -0.371. The summed E-state index contributed by atoms with van der Waals surface area (Å²) < 4.78 is 18.2. The van der Waals surface area contributed by atoms with Crippen LogP contribution in [-0.4, -0.2) is 71.7 Å². The first-order valence-electron chi connectivity index (χ1n) is 10.2. The van der Waals surface area contributed by atoms with Crippen LogP contribution < -0.4 is 0 Å². The summed E-state index contributed by atoms with van der Waals surface area (Å²) in [4.78, 5) is 43.0. The molecule has 7 nitrogen and oxygen atoms in total. The van der Waals surface area contributed by atoms with E-state index in [-0.39, 0.29) is 29.5 Å². The molecule has 158 valence electrons. The quantitative estimate of drug-likeness (QED) is 0.774. The normalized spacial score (nSPS) is 17.8. The summed E-state index contributed by atoms with van der Waals surface area (Å²) in [6.07, 6.45) is 2.69. The van der Waals surface area contributed by atoms with E-state index >= 15 is 0 Å². The lowest BCUT2D eigenvalue weighted by Crippen LogP contribution is -2.53. The predicted octanol–water partition coefficient (Wildman–Crippen LogP) is 2.26. The van der Waals surface area contributed by atoms with Gasteiger partial charge in [-0.15, -0.1) is 0 Å². The zero-order chi connectivity index (χ0) is 21.1. The summed E-state index contributed by atoms with van der Waals surface area (Å²) in [5.41, 5.74) is 0.457. The Kier molecular flexibility index (Phi) is 5.83. The minimum atomic E-state index is -0.373. The van der Waals surface area contributed by atoms with E-state index in [9.17, 15) is 18.8 Å². The molecule has 2 aromatic rings. The zero-order valence-corrected chi connectivity index (χ0v) is 16.6. The fraction of sp³-hybridized carbons (Fsp3) is 0.409. The molecule has 2 saturated heterocycles. The molecule has 1 aromatic carbocycles. The highest BCUT2D eigenvalue weighted by atomic mass is 19.1. The number of halogens is 1. The summed E-state index contributed by atoms with van der Waals surface area (Å²) >= 11 is 0. The largest absolute Gasteiger partial charge is 0.459 e. The summed E-state index contributed by atoms with van der Waals surface area (Å²) in [6, 6.07) is 8.84. The monoisotopic (exact) mass is 413 g/mol. The second-order valence-electron chi connectivity index (χ2n) is 7.67. The van der Waals surface area contributed by atoms with Crippen LogP contribution in [0.4, 0.5) is 4.39 Å². The van der Waals surface area contributed by atoms with E-state index in [1.807, 2.05) is 4.90 Å². The van der Waals surface area contributed by atoms with E-state index in [2.05, 4.69) is 0 Å². The summed E-state index contributed by atoms with van der Waals surface area (Å²) in [7, 11) is 0. The number of carbonyl (C=O) groups excluding carboxylic acids is 3. The summed E-state index contributed by atoms with van der Waals surface area (Å²) in [6.45, 7) is 2.97. The number of rotatable bonds is 3. The van der Waals surface area contributed by atoms with Gasteiger partial charge < -0.3 is 19.1 Å². The Morgan fingerprint density at radius 1 is 0.800 bits per heavy atom. The number of piperazine rings is 1. The molecule has 30 heavy (non-hydrogen) atoms. The van der Waals surface area contributed by atoms with E-state index in [1.165, 1.54) is 30.5 Å². The van der Waals surface area contributed by atoms with Crippen LogP contribution >= 0.6 is 0 Å². The molecule has 4 rings (SSSR count). The molecule has 0 aliphatic carbocycles. The topological polar surface area (TPSA) is 74.1 Å². The van der Waals surface area contributed by atoms with Crippen LogP contribution in [0.3, 0.4) is 0 Å². The third-order valence-electron chi connectivity index (χ3n) is 5.83. The molecule has 2 aliphatic heterocycles. The van der Waals surface area contributed by atoms with Crippen molar-refractivity contribution in [2.75, 3.05) is 39.3 Å². The van der Waals surface area contributed by atoms with Crippen LogP contribution in [0.15, 0.2) is 47.1 Å². The molecule has 0 saturated carbocycles. The number of likely N-dealkylation sites (tertiary alicyclic amines) is 1. The molecule has 0 N–H and O–H groups in total. The molecule has 2 fully saturated rings. The Balaban J connectivity index is 1.26. The van der Waals surface area contributed by atoms with Crippen LogP contribution in [0.2, 0.25) is 0 Å². The Morgan fingerprint density at radius 2 is 1.40 bits per heavy atom. The summed E-state index contributed by atoms with van der Waals surface area (Å²) in [5, 5.41) is 0. The third kappa shape index (κ3) is 4.22. The number of carbonyl (C=O) groups is 3.